The summed E-state index contributed by atoms with van der Waals surface area (Å²) < 4.78 is 6.63. The van der Waals surface area contributed by atoms with Gasteiger partial charge in [-0.1, -0.05) is 35.0 Å². The van der Waals surface area contributed by atoms with Crippen molar-refractivity contribution >= 4 is 5.88 Å². The van der Waals surface area contributed by atoms with Gasteiger partial charge in [0.15, 0.2) is 0 Å². The number of nitrogens with two attached hydrogens (primary N) is 1. The number of hydrogen-bond acceptors (Lipinski definition) is 4. The van der Waals surface area contributed by atoms with E-state index >= 15 is 0 Å². The summed E-state index contributed by atoms with van der Waals surface area (Å²) in [4.78, 5) is 11.8. The SMILES string of the molecule is Cc1cccc(-c2c(-c3ccn(C)c(=O)c3)noc2N)c1. The molecular formula is C16H15N3O2. The van der Waals surface area contributed by atoms with Gasteiger partial charge in [-0.3, -0.25) is 4.79 Å². The molecule has 0 unspecified atom stereocenters. The Labute approximate surface area is 121 Å². The first-order valence-electron chi connectivity index (χ1n) is 6.55. The fourth-order valence-electron chi connectivity index (χ4n) is 2.28. The molecule has 106 valence electrons. The van der Waals surface area contributed by atoms with Gasteiger partial charge in [-0.05, 0) is 18.6 Å². The van der Waals surface area contributed by atoms with Gasteiger partial charge in [0, 0.05) is 24.9 Å². The van der Waals surface area contributed by atoms with Crippen LogP contribution in [0.25, 0.3) is 22.4 Å². The predicted octanol–water partition coefficient (Wildman–Crippen LogP) is 2.60. The lowest BCUT2D eigenvalue weighted by Crippen LogP contribution is -2.14. The van der Waals surface area contributed by atoms with Crippen LogP contribution in [0.4, 0.5) is 5.88 Å². The average molecular weight is 281 g/mol. The largest absolute Gasteiger partial charge is 0.367 e. The zero-order valence-electron chi connectivity index (χ0n) is 11.8. The molecule has 2 heterocycles. The third-order valence-electron chi connectivity index (χ3n) is 3.40. The fourth-order valence-corrected chi connectivity index (χ4v) is 2.28. The molecule has 1 aromatic carbocycles. The Balaban J connectivity index is 2.21. The van der Waals surface area contributed by atoms with Gasteiger partial charge in [0.1, 0.15) is 5.69 Å². The molecule has 0 radical (unpaired) electrons. The van der Waals surface area contributed by atoms with E-state index in [9.17, 15) is 4.79 Å². The standard InChI is InChI=1S/C16H15N3O2/c1-10-4-3-5-11(8-10)14-15(18-21-16(14)17)12-6-7-19(2)13(20)9-12/h3-9H,17H2,1-2H3. The van der Waals surface area contributed by atoms with Crippen LogP contribution in [-0.4, -0.2) is 9.72 Å². The van der Waals surface area contributed by atoms with Crippen molar-refractivity contribution in [2.75, 3.05) is 5.73 Å². The van der Waals surface area contributed by atoms with Crippen LogP contribution in [0.3, 0.4) is 0 Å². The molecule has 0 atom stereocenters. The van der Waals surface area contributed by atoms with Crippen molar-refractivity contribution in [3.05, 3.63) is 58.5 Å². The number of nitrogen functional groups attached to an aromatic ring is 1. The maximum Gasteiger partial charge on any atom is 0.250 e. The van der Waals surface area contributed by atoms with Gasteiger partial charge in [-0.15, -0.1) is 0 Å². The molecule has 5 heteroatoms. The van der Waals surface area contributed by atoms with Crippen molar-refractivity contribution in [2.24, 2.45) is 7.05 Å². The second-order valence-electron chi connectivity index (χ2n) is 5.00. The molecule has 0 aliphatic carbocycles. The predicted molar refractivity (Wildman–Crippen MR) is 81.8 cm³/mol. The van der Waals surface area contributed by atoms with Crippen LogP contribution in [0.2, 0.25) is 0 Å². The molecule has 2 N–H and O–H groups in total. The molecule has 0 aliphatic heterocycles. The second-order valence-corrected chi connectivity index (χ2v) is 5.00. The first kappa shape index (κ1) is 13.2. The Hall–Kier alpha value is -2.82. The summed E-state index contributed by atoms with van der Waals surface area (Å²) >= 11 is 0. The van der Waals surface area contributed by atoms with E-state index < -0.39 is 0 Å². The number of nitrogens with zero attached hydrogens (tertiary/aromatic N) is 2. The third-order valence-corrected chi connectivity index (χ3v) is 3.40. The maximum atomic E-state index is 11.8. The normalized spacial score (nSPS) is 10.8. The van der Waals surface area contributed by atoms with E-state index in [0.29, 0.717) is 16.8 Å². The molecule has 0 fully saturated rings. The minimum Gasteiger partial charge on any atom is -0.367 e. The molecule has 2 aromatic heterocycles. The molecule has 0 spiro atoms. The number of aromatic nitrogens is 2. The first-order chi connectivity index (χ1) is 10.1. The zero-order chi connectivity index (χ0) is 15.0. The summed E-state index contributed by atoms with van der Waals surface area (Å²) in [5, 5.41) is 4.01. The van der Waals surface area contributed by atoms with Crippen LogP contribution in [0.15, 0.2) is 51.9 Å². The highest BCUT2D eigenvalue weighted by molar-refractivity contribution is 5.86. The van der Waals surface area contributed by atoms with Crippen LogP contribution in [0, 0.1) is 6.92 Å². The van der Waals surface area contributed by atoms with Gasteiger partial charge in [-0.25, -0.2) is 0 Å². The summed E-state index contributed by atoms with van der Waals surface area (Å²) in [5.74, 6) is 0.247. The number of aryl methyl sites for hydroxylation is 2. The Morgan fingerprint density at radius 1 is 1.19 bits per heavy atom. The lowest BCUT2D eigenvalue weighted by Gasteiger charge is -2.04. The molecule has 0 aliphatic rings. The van der Waals surface area contributed by atoms with Crippen molar-refractivity contribution in [3.8, 4) is 22.4 Å². The summed E-state index contributed by atoms with van der Waals surface area (Å²) in [5.41, 5.74) is 9.83. The van der Waals surface area contributed by atoms with Gasteiger partial charge < -0.3 is 14.8 Å². The minimum absolute atomic E-state index is 0.107. The lowest BCUT2D eigenvalue weighted by molar-refractivity contribution is 0.439. The van der Waals surface area contributed by atoms with Crippen molar-refractivity contribution in [3.63, 3.8) is 0 Å². The van der Waals surface area contributed by atoms with Crippen LogP contribution in [0.5, 0.6) is 0 Å². The van der Waals surface area contributed by atoms with Gasteiger partial charge >= 0.3 is 0 Å². The maximum absolute atomic E-state index is 11.8. The molecule has 0 bridgehead atoms. The van der Waals surface area contributed by atoms with Gasteiger partial charge in [-0.2, -0.15) is 0 Å². The lowest BCUT2D eigenvalue weighted by atomic mass is 10.00. The Kier molecular flexibility index (Phi) is 3.10. The molecule has 0 amide bonds. The average Bonchev–Trinajstić information content (AvgIpc) is 2.84. The highest BCUT2D eigenvalue weighted by Crippen LogP contribution is 2.35. The van der Waals surface area contributed by atoms with Gasteiger partial charge in [0.05, 0.1) is 5.56 Å². The zero-order valence-corrected chi connectivity index (χ0v) is 11.8. The Morgan fingerprint density at radius 2 is 2.00 bits per heavy atom. The molecule has 5 nitrogen and oxygen atoms in total. The van der Waals surface area contributed by atoms with E-state index in [4.69, 9.17) is 10.3 Å². The van der Waals surface area contributed by atoms with Crippen LogP contribution in [-0.2, 0) is 7.05 Å². The number of rotatable bonds is 2. The van der Waals surface area contributed by atoms with E-state index in [-0.39, 0.29) is 11.4 Å². The number of benzene rings is 1. The van der Waals surface area contributed by atoms with E-state index in [1.54, 1.807) is 13.2 Å². The van der Waals surface area contributed by atoms with Crippen LogP contribution >= 0.6 is 0 Å². The summed E-state index contributed by atoms with van der Waals surface area (Å²) in [6.07, 6.45) is 1.70. The minimum atomic E-state index is -0.107. The highest BCUT2D eigenvalue weighted by atomic mass is 16.5. The van der Waals surface area contributed by atoms with Crippen molar-refractivity contribution in [1.29, 1.82) is 0 Å². The first-order valence-corrected chi connectivity index (χ1v) is 6.55. The number of hydrogen-bond donors (Lipinski definition) is 1. The molecule has 3 rings (SSSR count). The van der Waals surface area contributed by atoms with E-state index in [1.807, 2.05) is 37.3 Å². The molecular weight excluding hydrogens is 266 g/mol. The Morgan fingerprint density at radius 3 is 2.71 bits per heavy atom. The van der Waals surface area contributed by atoms with Crippen molar-refractivity contribution in [1.82, 2.24) is 9.72 Å². The molecule has 0 saturated heterocycles. The second kappa shape index (κ2) is 4.94. The molecule has 3 aromatic rings. The Bertz CT molecular complexity index is 862. The van der Waals surface area contributed by atoms with Gasteiger partial charge in [0.25, 0.3) is 5.56 Å². The molecule has 0 saturated carbocycles. The van der Waals surface area contributed by atoms with Crippen molar-refractivity contribution < 1.29 is 4.52 Å². The third kappa shape index (κ3) is 2.33. The van der Waals surface area contributed by atoms with Gasteiger partial charge in [0.2, 0.25) is 5.88 Å². The smallest absolute Gasteiger partial charge is 0.250 e. The highest BCUT2D eigenvalue weighted by Gasteiger charge is 2.17. The topological polar surface area (TPSA) is 74.0 Å². The monoisotopic (exact) mass is 281 g/mol. The van der Waals surface area contributed by atoms with Crippen LogP contribution < -0.4 is 11.3 Å². The fraction of sp³-hybridized carbons (Fsp3) is 0.125. The summed E-state index contributed by atoms with van der Waals surface area (Å²) in [6.45, 7) is 2.01. The summed E-state index contributed by atoms with van der Waals surface area (Å²) in [7, 11) is 1.70. The number of pyridine rings is 1. The van der Waals surface area contributed by atoms with E-state index in [0.717, 1.165) is 11.1 Å². The van der Waals surface area contributed by atoms with E-state index in [1.165, 1.54) is 10.6 Å². The quantitative estimate of drug-likeness (QED) is 0.783. The van der Waals surface area contributed by atoms with E-state index in [2.05, 4.69) is 5.16 Å². The van der Waals surface area contributed by atoms with Crippen LogP contribution in [0.1, 0.15) is 5.56 Å². The van der Waals surface area contributed by atoms with Crippen molar-refractivity contribution in [2.45, 2.75) is 6.92 Å². The number of anilines is 1. The summed E-state index contributed by atoms with van der Waals surface area (Å²) in [6, 6.07) is 11.2. The molecule has 21 heavy (non-hydrogen) atoms.